The summed E-state index contributed by atoms with van der Waals surface area (Å²) in [4.78, 5) is 15.6. The third-order valence-corrected chi connectivity index (χ3v) is 6.96. The molecule has 1 amide bonds. The van der Waals surface area contributed by atoms with Crippen molar-refractivity contribution in [1.82, 2.24) is 10.2 Å². The molecule has 0 radical (unpaired) electrons. The Morgan fingerprint density at radius 2 is 1.70 bits per heavy atom. The van der Waals surface area contributed by atoms with Gasteiger partial charge in [-0.05, 0) is 66.5 Å². The summed E-state index contributed by atoms with van der Waals surface area (Å²) in [5, 5.41) is 12.0. The molecule has 5 heteroatoms. The molecule has 1 saturated heterocycles. The number of rotatable bonds is 5. The highest BCUT2D eigenvalue weighted by molar-refractivity contribution is 6.09. The molecular weight excluding hydrogens is 374 g/mol. The van der Waals surface area contributed by atoms with E-state index in [0.29, 0.717) is 0 Å². The van der Waals surface area contributed by atoms with Gasteiger partial charge in [-0.2, -0.15) is 0 Å². The number of nitrogens with one attached hydrogen (secondary N) is 2. The first-order valence-electron chi connectivity index (χ1n) is 11.1. The molecule has 1 atom stereocenters. The summed E-state index contributed by atoms with van der Waals surface area (Å²) < 4.78 is 5.39. The van der Waals surface area contributed by atoms with Crippen LogP contribution < -0.4 is 10.1 Å². The molecule has 2 aliphatic carbocycles. The molecule has 5 rings (SSSR count). The number of amides is 1. The lowest BCUT2D eigenvalue weighted by atomic mass is 9.83. The summed E-state index contributed by atoms with van der Waals surface area (Å²) in [5.41, 5.74) is 2.29. The van der Waals surface area contributed by atoms with E-state index in [1.807, 2.05) is 30.3 Å². The van der Waals surface area contributed by atoms with Crippen molar-refractivity contribution in [2.24, 2.45) is 5.92 Å². The number of ether oxygens (including phenoxy) is 1. The van der Waals surface area contributed by atoms with Crippen LogP contribution in [0.1, 0.15) is 50.5 Å². The molecule has 156 valence electrons. The molecule has 2 aromatic rings. The standard InChI is InChI=1S/C25H29N3O2/c1-30-22-12-6-8-18(16-22)17-7-5-9-20(15-17)25(19-13-14-19)23(29)28(24(26)27-25)21-10-3-2-4-11-21/h5-9,12,15-16,19,21H,2-4,10-11,13-14H2,1H3,(H2,26,27). The van der Waals surface area contributed by atoms with Gasteiger partial charge in [-0.25, -0.2) is 0 Å². The second-order valence-corrected chi connectivity index (χ2v) is 8.84. The van der Waals surface area contributed by atoms with Crippen LogP contribution in [0.4, 0.5) is 0 Å². The van der Waals surface area contributed by atoms with Crippen LogP contribution in [0.3, 0.4) is 0 Å². The predicted octanol–water partition coefficient (Wildman–Crippen LogP) is 4.67. The van der Waals surface area contributed by atoms with Crippen LogP contribution in [-0.4, -0.2) is 29.9 Å². The zero-order valence-corrected chi connectivity index (χ0v) is 17.5. The SMILES string of the molecule is COc1cccc(-c2cccc(C3(C4CC4)NC(=N)N(C4CCCCC4)C3=O)c2)c1. The molecule has 1 aliphatic heterocycles. The van der Waals surface area contributed by atoms with Crippen molar-refractivity contribution >= 4 is 11.9 Å². The van der Waals surface area contributed by atoms with Crippen LogP contribution in [0.5, 0.6) is 5.75 Å². The highest BCUT2D eigenvalue weighted by atomic mass is 16.5. The smallest absolute Gasteiger partial charge is 0.260 e. The molecule has 0 spiro atoms. The van der Waals surface area contributed by atoms with E-state index in [4.69, 9.17) is 10.1 Å². The Balaban J connectivity index is 1.54. The average molecular weight is 404 g/mol. The zero-order chi connectivity index (χ0) is 20.7. The summed E-state index contributed by atoms with van der Waals surface area (Å²) in [6.07, 6.45) is 7.56. The maximum Gasteiger partial charge on any atom is 0.260 e. The van der Waals surface area contributed by atoms with E-state index in [2.05, 4.69) is 23.5 Å². The molecule has 5 nitrogen and oxygen atoms in total. The number of methoxy groups -OCH3 is 1. The van der Waals surface area contributed by atoms with Gasteiger partial charge in [0.05, 0.1) is 7.11 Å². The predicted molar refractivity (Wildman–Crippen MR) is 117 cm³/mol. The second kappa shape index (κ2) is 7.46. The maximum atomic E-state index is 13.9. The molecule has 2 N–H and O–H groups in total. The monoisotopic (exact) mass is 403 g/mol. The minimum Gasteiger partial charge on any atom is -0.497 e. The summed E-state index contributed by atoms with van der Waals surface area (Å²) in [7, 11) is 1.67. The van der Waals surface area contributed by atoms with Gasteiger partial charge in [0.1, 0.15) is 11.3 Å². The largest absolute Gasteiger partial charge is 0.497 e. The van der Waals surface area contributed by atoms with Gasteiger partial charge in [0.25, 0.3) is 5.91 Å². The molecule has 30 heavy (non-hydrogen) atoms. The Kier molecular flexibility index (Phi) is 4.76. The van der Waals surface area contributed by atoms with Gasteiger partial charge in [0, 0.05) is 6.04 Å². The summed E-state index contributed by atoms with van der Waals surface area (Å²) in [5.74, 6) is 1.42. The van der Waals surface area contributed by atoms with Crippen molar-refractivity contribution in [2.45, 2.75) is 56.5 Å². The van der Waals surface area contributed by atoms with E-state index >= 15 is 0 Å². The zero-order valence-electron chi connectivity index (χ0n) is 17.5. The Morgan fingerprint density at radius 3 is 2.40 bits per heavy atom. The van der Waals surface area contributed by atoms with Gasteiger partial charge < -0.3 is 10.1 Å². The fourth-order valence-electron chi connectivity index (χ4n) is 5.25. The van der Waals surface area contributed by atoms with Crippen LogP contribution in [0.2, 0.25) is 0 Å². The molecule has 3 fully saturated rings. The lowest BCUT2D eigenvalue weighted by Crippen LogP contribution is -2.47. The van der Waals surface area contributed by atoms with Crippen LogP contribution in [0.25, 0.3) is 11.1 Å². The van der Waals surface area contributed by atoms with E-state index in [-0.39, 0.29) is 23.8 Å². The van der Waals surface area contributed by atoms with Crippen LogP contribution in [0, 0.1) is 11.3 Å². The van der Waals surface area contributed by atoms with Crippen molar-refractivity contribution in [3.63, 3.8) is 0 Å². The van der Waals surface area contributed by atoms with E-state index in [9.17, 15) is 4.79 Å². The highest BCUT2D eigenvalue weighted by Gasteiger charge is 2.60. The molecule has 3 aliphatic rings. The van der Waals surface area contributed by atoms with Crippen molar-refractivity contribution < 1.29 is 9.53 Å². The molecule has 0 bridgehead atoms. The first-order valence-corrected chi connectivity index (χ1v) is 11.1. The summed E-state index contributed by atoms with van der Waals surface area (Å²) in [6, 6.07) is 16.4. The first-order chi connectivity index (χ1) is 14.6. The lowest BCUT2D eigenvalue weighted by molar-refractivity contribution is -0.134. The molecule has 1 unspecified atom stereocenters. The fraction of sp³-hybridized carbons (Fsp3) is 0.440. The number of nitrogens with zero attached hydrogens (tertiary/aromatic N) is 1. The van der Waals surface area contributed by atoms with Crippen molar-refractivity contribution in [2.75, 3.05) is 7.11 Å². The minimum atomic E-state index is -0.802. The normalized spacial score (nSPS) is 24.8. The molecule has 2 saturated carbocycles. The number of hydrogen-bond acceptors (Lipinski definition) is 3. The first kappa shape index (κ1) is 19.2. The van der Waals surface area contributed by atoms with E-state index in [1.54, 1.807) is 12.0 Å². The summed E-state index contributed by atoms with van der Waals surface area (Å²) in [6.45, 7) is 0. The van der Waals surface area contributed by atoms with Gasteiger partial charge in [0.15, 0.2) is 5.96 Å². The third-order valence-electron chi connectivity index (χ3n) is 6.96. The molecular formula is C25H29N3O2. The van der Waals surface area contributed by atoms with E-state index < -0.39 is 5.54 Å². The maximum absolute atomic E-state index is 13.9. The van der Waals surface area contributed by atoms with Crippen LogP contribution in [-0.2, 0) is 10.3 Å². The van der Waals surface area contributed by atoms with Crippen LogP contribution >= 0.6 is 0 Å². The van der Waals surface area contributed by atoms with Crippen LogP contribution in [0.15, 0.2) is 48.5 Å². The number of carbonyl (C=O) groups excluding carboxylic acids is 1. The minimum absolute atomic E-state index is 0.0738. The Hall–Kier alpha value is -2.82. The highest BCUT2D eigenvalue weighted by Crippen LogP contribution is 2.50. The number of hydrogen-bond donors (Lipinski definition) is 2. The van der Waals surface area contributed by atoms with Gasteiger partial charge >= 0.3 is 0 Å². The van der Waals surface area contributed by atoms with E-state index in [0.717, 1.165) is 61.0 Å². The van der Waals surface area contributed by atoms with Crippen molar-refractivity contribution in [1.29, 1.82) is 5.41 Å². The topological polar surface area (TPSA) is 65.4 Å². The third kappa shape index (κ3) is 3.08. The van der Waals surface area contributed by atoms with Gasteiger partial charge in [0.2, 0.25) is 0 Å². The van der Waals surface area contributed by atoms with Gasteiger partial charge in [-0.15, -0.1) is 0 Å². The molecule has 2 aromatic carbocycles. The van der Waals surface area contributed by atoms with E-state index in [1.165, 1.54) is 6.42 Å². The average Bonchev–Trinajstić information content (AvgIpc) is 3.60. The lowest BCUT2D eigenvalue weighted by Gasteiger charge is -2.32. The molecule has 0 aromatic heterocycles. The van der Waals surface area contributed by atoms with Crippen molar-refractivity contribution in [3.8, 4) is 16.9 Å². The number of guanidine groups is 1. The van der Waals surface area contributed by atoms with Gasteiger partial charge in [-0.1, -0.05) is 49.6 Å². The Labute approximate surface area is 177 Å². The number of benzene rings is 2. The quantitative estimate of drug-likeness (QED) is 0.763. The van der Waals surface area contributed by atoms with Crippen molar-refractivity contribution in [3.05, 3.63) is 54.1 Å². The summed E-state index contributed by atoms with van der Waals surface area (Å²) >= 11 is 0. The fourth-order valence-corrected chi connectivity index (χ4v) is 5.25. The molecule has 1 heterocycles. The Bertz CT molecular complexity index is 978. The Morgan fingerprint density at radius 1 is 1.00 bits per heavy atom. The second-order valence-electron chi connectivity index (χ2n) is 8.84. The van der Waals surface area contributed by atoms with Gasteiger partial charge in [-0.3, -0.25) is 15.1 Å². The number of carbonyl (C=O) groups is 1.